The Kier molecular flexibility index (Phi) is 2.64. The zero-order chi connectivity index (χ0) is 12.4. The van der Waals surface area contributed by atoms with Crippen LogP contribution in [0.25, 0.3) is 10.8 Å². The molecule has 2 N–H and O–H groups in total. The maximum Gasteiger partial charge on any atom is 0.156 e. The van der Waals surface area contributed by atoms with Crippen LogP contribution in [-0.2, 0) is 6.54 Å². The number of nitrogens with zero attached hydrogens (tertiary/aromatic N) is 3. The molecule has 0 fully saturated rings. The van der Waals surface area contributed by atoms with Crippen LogP contribution in [0.5, 0.6) is 0 Å². The summed E-state index contributed by atoms with van der Waals surface area (Å²) in [7, 11) is 0. The van der Waals surface area contributed by atoms with E-state index in [0.717, 1.165) is 28.1 Å². The van der Waals surface area contributed by atoms with Gasteiger partial charge in [-0.05, 0) is 6.92 Å². The lowest BCUT2D eigenvalue weighted by molar-refractivity contribution is 0.950. The predicted molar refractivity (Wildman–Crippen MR) is 70.2 cm³/mol. The third-order valence-electron chi connectivity index (χ3n) is 2.85. The van der Waals surface area contributed by atoms with Gasteiger partial charge < -0.3 is 10.3 Å². The summed E-state index contributed by atoms with van der Waals surface area (Å²) in [5.74, 6) is 1.66. The van der Waals surface area contributed by atoms with Crippen LogP contribution in [0.4, 0.5) is 5.82 Å². The number of rotatable bonds is 3. The quantitative estimate of drug-likeness (QED) is 0.735. The number of fused-ring (bicyclic) bond motifs is 1. The van der Waals surface area contributed by atoms with Crippen LogP contribution in [0.15, 0.2) is 36.7 Å². The zero-order valence-corrected chi connectivity index (χ0v) is 10.0. The number of aromatic amines is 1. The zero-order valence-electron chi connectivity index (χ0n) is 10.0. The van der Waals surface area contributed by atoms with Gasteiger partial charge in [-0.1, -0.05) is 24.3 Å². The molecule has 0 aliphatic heterocycles. The number of hydrogen-bond acceptors (Lipinski definition) is 4. The number of aryl methyl sites for hydroxylation is 1. The third kappa shape index (κ3) is 1.90. The van der Waals surface area contributed by atoms with E-state index in [1.54, 1.807) is 12.4 Å². The highest BCUT2D eigenvalue weighted by Crippen LogP contribution is 2.22. The van der Waals surface area contributed by atoms with E-state index >= 15 is 0 Å². The van der Waals surface area contributed by atoms with Gasteiger partial charge in [-0.2, -0.15) is 5.10 Å². The number of H-pyrrole nitrogens is 1. The fourth-order valence-electron chi connectivity index (χ4n) is 1.93. The van der Waals surface area contributed by atoms with Crippen LogP contribution >= 0.6 is 0 Å². The van der Waals surface area contributed by atoms with E-state index in [-0.39, 0.29) is 0 Å². The number of anilines is 1. The molecule has 2 heterocycles. The molecule has 3 rings (SSSR count). The van der Waals surface area contributed by atoms with Gasteiger partial charge >= 0.3 is 0 Å². The van der Waals surface area contributed by atoms with Crippen LogP contribution in [0.2, 0.25) is 0 Å². The molecule has 3 aromatic rings. The van der Waals surface area contributed by atoms with Crippen molar-refractivity contribution in [1.82, 2.24) is 20.2 Å². The van der Waals surface area contributed by atoms with E-state index in [1.807, 2.05) is 25.1 Å². The molecular weight excluding hydrogens is 226 g/mol. The molecule has 18 heavy (non-hydrogen) atoms. The van der Waals surface area contributed by atoms with Crippen molar-refractivity contribution >= 4 is 16.6 Å². The van der Waals surface area contributed by atoms with E-state index in [2.05, 4.69) is 31.5 Å². The first kappa shape index (κ1) is 10.7. The summed E-state index contributed by atoms with van der Waals surface area (Å²) < 4.78 is 0. The highest BCUT2D eigenvalue weighted by atomic mass is 15.2. The average molecular weight is 239 g/mol. The summed E-state index contributed by atoms with van der Waals surface area (Å²) in [4.78, 5) is 7.21. The maximum absolute atomic E-state index is 4.20. The highest BCUT2D eigenvalue weighted by Gasteiger charge is 2.05. The standard InChI is InChI=1S/C13H13N5/c1-9-10-4-2-3-5-11(10)13(18-17-9)16-8-12-14-6-7-15-12/h2-7H,8H2,1H3,(H,14,15)(H,16,18). The van der Waals surface area contributed by atoms with Gasteiger partial charge in [0.05, 0.1) is 12.2 Å². The molecule has 0 unspecified atom stereocenters. The van der Waals surface area contributed by atoms with Crippen molar-refractivity contribution in [2.75, 3.05) is 5.32 Å². The van der Waals surface area contributed by atoms with Crippen molar-refractivity contribution < 1.29 is 0 Å². The molecule has 5 heteroatoms. The Hall–Kier alpha value is -2.43. The van der Waals surface area contributed by atoms with Crippen molar-refractivity contribution in [2.24, 2.45) is 0 Å². The first-order valence-corrected chi connectivity index (χ1v) is 5.79. The van der Waals surface area contributed by atoms with Crippen molar-refractivity contribution in [3.8, 4) is 0 Å². The van der Waals surface area contributed by atoms with Crippen molar-refractivity contribution in [2.45, 2.75) is 13.5 Å². The van der Waals surface area contributed by atoms with Crippen molar-refractivity contribution in [3.05, 3.63) is 48.2 Å². The molecule has 0 amide bonds. The van der Waals surface area contributed by atoms with E-state index < -0.39 is 0 Å². The van der Waals surface area contributed by atoms with Crippen LogP contribution in [0, 0.1) is 6.92 Å². The number of hydrogen-bond donors (Lipinski definition) is 2. The second-order valence-electron chi connectivity index (χ2n) is 4.07. The van der Waals surface area contributed by atoms with Gasteiger partial charge in [-0.3, -0.25) is 0 Å². The lowest BCUT2D eigenvalue weighted by Gasteiger charge is -2.08. The number of aromatic nitrogens is 4. The smallest absolute Gasteiger partial charge is 0.156 e. The van der Waals surface area contributed by atoms with Gasteiger partial charge in [-0.15, -0.1) is 5.10 Å². The lowest BCUT2D eigenvalue weighted by Crippen LogP contribution is -2.05. The van der Waals surface area contributed by atoms with Crippen LogP contribution in [0.3, 0.4) is 0 Å². The van der Waals surface area contributed by atoms with Crippen molar-refractivity contribution in [1.29, 1.82) is 0 Å². The third-order valence-corrected chi connectivity index (χ3v) is 2.85. The van der Waals surface area contributed by atoms with Crippen LogP contribution in [0.1, 0.15) is 11.5 Å². The molecule has 0 aliphatic rings. The van der Waals surface area contributed by atoms with E-state index in [4.69, 9.17) is 0 Å². The van der Waals surface area contributed by atoms with Gasteiger partial charge in [-0.25, -0.2) is 4.98 Å². The lowest BCUT2D eigenvalue weighted by atomic mass is 10.1. The fourth-order valence-corrected chi connectivity index (χ4v) is 1.93. The molecule has 0 saturated heterocycles. The summed E-state index contributed by atoms with van der Waals surface area (Å²) in [6.07, 6.45) is 3.53. The number of imidazole rings is 1. The van der Waals surface area contributed by atoms with Gasteiger partial charge in [0.1, 0.15) is 5.82 Å². The molecule has 5 nitrogen and oxygen atoms in total. The molecule has 90 valence electrons. The summed E-state index contributed by atoms with van der Waals surface area (Å²) in [6, 6.07) is 8.10. The minimum absolute atomic E-state index is 0.606. The Morgan fingerprint density at radius 1 is 1.17 bits per heavy atom. The average Bonchev–Trinajstić information content (AvgIpc) is 2.92. The number of benzene rings is 1. The molecule has 0 spiro atoms. The Morgan fingerprint density at radius 2 is 2.00 bits per heavy atom. The molecule has 0 aliphatic carbocycles. The molecule has 0 radical (unpaired) electrons. The summed E-state index contributed by atoms with van der Waals surface area (Å²) in [6.45, 7) is 2.57. The highest BCUT2D eigenvalue weighted by molar-refractivity contribution is 5.92. The van der Waals surface area contributed by atoms with Crippen molar-refractivity contribution in [3.63, 3.8) is 0 Å². The topological polar surface area (TPSA) is 66.5 Å². The summed E-state index contributed by atoms with van der Waals surface area (Å²) in [5.41, 5.74) is 0.939. The Bertz CT molecular complexity index is 660. The summed E-state index contributed by atoms with van der Waals surface area (Å²) in [5, 5.41) is 13.8. The maximum atomic E-state index is 4.20. The number of nitrogens with one attached hydrogen (secondary N) is 2. The van der Waals surface area contributed by atoms with E-state index in [1.165, 1.54) is 0 Å². The Labute approximate surface area is 104 Å². The van der Waals surface area contributed by atoms with E-state index in [0.29, 0.717) is 6.54 Å². The summed E-state index contributed by atoms with van der Waals surface area (Å²) >= 11 is 0. The molecule has 1 aromatic carbocycles. The molecule has 0 saturated carbocycles. The first-order valence-electron chi connectivity index (χ1n) is 5.79. The molecule has 0 atom stereocenters. The first-order chi connectivity index (χ1) is 8.84. The van der Waals surface area contributed by atoms with Gasteiger partial charge in [0.15, 0.2) is 5.82 Å². The minimum atomic E-state index is 0.606. The SMILES string of the molecule is Cc1nnc(NCc2ncc[nH]2)c2ccccc12. The monoisotopic (exact) mass is 239 g/mol. The van der Waals surface area contributed by atoms with Crippen LogP contribution < -0.4 is 5.32 Å². The Balaban J connectivity index is 1.94. The normalized spacial score (nSPS) is 10.7. The minimum Gasteiger partial charge on any atom is -0.361 e. The molecule has 0 bridgehead atoms. The molecular formula is C13H13N5. The largest absolute Gasteiger partial charge is 0.361 e. The predicted octanol–water partition coefficient (Wildman–Crippen LogP) is 2.27. The fraction of sp³-hybridized carbons (Fsp3) is 0.154. The molecule has 2 aromatic heterocycles. The van der Waals surface area contributed by atoms with Gasteiger partial charge in [0.25, 0.3) is 0 Å². The second-order valence-corrected chi connectivity index (χ2v) is 4.07. The Morgan fingerprint density at radius 3 is 2.78 bits per heavy atom. The van der Waals surface area contributed by atoms with Gasteiger partial charge in [0.2, 0.25) is 0 Å². The van der Waals surface area contributed by atoms with E-state index in [9.17, 15) is 0 Å². The second kappa shape index (κ2) is 4.44. The van der Waals surface area contributed by atoms with Crippen LogP contribution in [-0.4, -0.2) is 20.2 Å². The van der Waals surface area contributed by atoms with Gasteiger partial charge in [0, 0.05) is 23.2 Å².